The Morgan fingerprint density at radius 2 is 2.35 bits per heavy atom. The minimum absolute atomic E-state index is 0.295. The van der Waals surface area contributed by atoms with E-state index in [0.29, 0.717) is 13.2 Å². The monoisotopic (exact) mass is 255 g/mol. The summed E-state index contributed by atoms with van der Waals surface area (Å²) in [4.78, 5) is 2.42. The molecule has 0 aliphatic carbocycles. The van der Waals surface area contributed by atoms with Gasteiger partial charge in [0.15, 0.2) is 0 Å². The summed E-state index contributed by atoms with van der Waals surface area (Å²) in [5.41, 5.74) is 6.63. The Bertz CT molecular complexity index is 383. The maximum absolute atomic E-state index is 10.6. The Morgan fingerprint density at radius 1 is 1.59 bits per heavy atom. The Balaban J connectivity index is 2.27. The fourth-order valence-electron chi connectivity index (χ4n) is 2.61. The Labute approximate surface area is 107 Å². The third-order valence-electron chi connectivity index (χ3n) is 3.71. The summed E-state index contributed by atoms with van der Waals surface area (Å²) in [6.45, 7) is 5.96. The molecule has 0 amide bonds. The number of hydrogen-bond donors (Lipinski definition) is 2. The van der Waals surface area contributed by atoms with Crippen molar-refractivity contribution in [3.05, 3.63) is 21.4 Å². The molecule has 2 rings (SSSR count). The Kier molecular flexibility index (Phi) is 3.88. The molecule has 0 saturated carbocycles. The summed E-state index contributed by atoms with van der Waals surface area (Å²) < 4.78 is 5.53. The third-order valence-corrected chi connectivity index (χ3v) is 4.70. The Hall–Kier alpha value is -0.420. The molecule has 1 saturated heterocycles. The molecule has 2 atom stereocenters. The van der Waals surface area contributed by atoms with Crippen LogP contribution in [0.4, 0.5) is 0 Å². The highest BCUT2D eigenvalue weighted by molar-refractivity contribution is 7.12. The van der Waals surface area contributed by atoms with Crippen LogP contribution >= 0.6 is 11.3 Å². The van der Waals surface area contributed by atoms with Crippen molar-refractivity contribution in [1.82, 2.24) is 0 Å². The second kappa shape index (κ2) is 5.06. The van der Waals surface area contributed by atoms with E-state index in [0.717, 1.165) is 25.0 Å². The standard InChI is InChI=1S/C13H21NO2S/c1-9-6-11(10(2)17-9)12(15)13(7-14)4-3-5-16-8-13/h6,12,15H,3-5,7-8,14H2,1-2H3. The maximum Gasteiger partial charge on any atom is 0.0891 e. The van der Waals surface area contributed by atoms with Gasteiger partial charge in [0.2, 0.25) is 0 Å². The van der Waals surface area contributed by atoms with Crippen molar-refractivity contribution in [2.45, 2.75) is 32.8 Å². The summed E-state index contributed by atoms with van der Waals surface area (Å²) in [5.74, 6) is 0. The predicted octanol–water partition coefficient (Wildman–Crippen LogP) is 2.15. The van der Waals surface area contributed by atoms with E-state index in [2.05, 4.69) is 19.9 Å². The molecule has 1 aromatic rings. The van der Waals surface area contributed by atoms with Crippen molar-refractivity contribution >= 4 is 11.3 Å². The third kappa shape index (κ3) is 2.40. The molecule has 4 heteroatoms. The highest BCUT2D eigenvalue weighted by atomic mass is 32.1. The van der Waals surface area contributed by atoms with Crippen LogP contribution in [0, 0.1) is 19.3 Å². The molecule has 0 radical (unpaired) electrons. The van der Waals surface area contributed by atoms with Crippen molar-refractivity contribution in [2.75, 3.05) is 19.8 Å². The molecule has 0 bridgehead atoms. The molecule has 1 aliphatic rings. The SMILES string of the molecule is Cc1cc(C(O)C2(CN)CCCOC2)c(C)s1. The van der Waals surface area contributed by atoms with Gasteiger partial charge in [-0.25, -0.2) is 0 Å². The van der Waals surface area contributed by atoms with Crippen molar-refractivity contribution in [1.29, 1.82) is 0 Å². The van der Waals surface area contributed by atoms with Crippen molar-refractivity contribution in [3.63, 3.8) is 0 Å². The largest absolute Gasteiger partial charge is 0.388 e. The van der Waals surface area contributed by atoms with Gasteiger partial charge in [0.1, 0.15) is 0 Å². The highest BCUT2D eigenvalue weighted by Gasteiger charge is 2.40. The molecular weight excluding hydrogens is 234 g/mol. The molecule has 1 aromatic heterocycles. The van der Waals surface area contributed by atoms with Crippen LogP contribution in [0.25, 0.3) is 0 Å². The molecule has 2 unspecified atom stereocenters. The molecule has 17 heavy (non-hydrogen) atoms. The lowest BCUT2D eigenvalue weighted by molar-refractivity contribution is -0.0782. The van der Waals surface area contributed by atoms with Gasteiger partial charge in [-0.05, 0) is 38.3 Å². The summed E-state index contributed by atoms with van der Waals surface area (Å²) in [7, 11) is 0. The molecule has 0 spiro atoms. The van der Waals surface area contributed by atoms with E-state index in [1.807, 2.05) is 0 Å². The lowest BCUT2D eigenvalue weighted by Crippen LogP contribution is -2.43. The number of aryl methyl sites for hydroxylation is 2. The smallest absolute Gasteiger partial charge is 0.0891 e. The van der Waals surface area contributed by atoms with Crippen LogP contribution in [-0.2, 0) is 4.74 Å². The van der Waals surface area contributed by atoms with Gasteiger partial charge in [-0.15, -0.1) is 11.3 Å². The maximum atomic E-state index is 10.6. The van der Waals surface area contributed by atoms with Crippen LogP contribution < -0.4 is 5.73 Å². The molecule has 3 N–H and O–H groups in total. The fourth-order valence-corrected chi connectivity index (χ4v) is 3.57. The summed E-state index contributed by atoms with van der Waals surface area (Å²) in [6, 6.07) is 2.08. The average molecular weight is 255 g/mol. The number of rotatable bonds is 3. The van der Waals surface area contributed by atoms with Gasteiger partial charge in [0, 0.05) is 28.3 Å². The van der Waals surface area contributed by atoms with Gasteiger partial charge in [0.05, 0.1) is 12.7 Å². The van der Waals surface area contributed by atoms with Crippen LogP contribution in [-0.4, -0.2) is 24.9 Å². The second-order valence-corrected chi connectivity index (χ2v) is 6.45. The number of nitrogens with two attached hydrogens (primary N) is 1. The van der Waals surface area contributed by atoms with E-state index in [9.17, 15) is 5.11 Å². The summed E-state index contributed by atoms with van der Waals surface area (Å²) in [5, 5.41) is 10.6. The number of ether oxygens (including phenoxy) is 1. The predicted molar refractivity (Wildman–Crippen MR) is 70.3 cm³/mol. The van der Waals surface area contributed by atoms with E-state index in [1.54, 1.807) is 11.3 Å². The number of aliphatic hydroxyl groups excluding tert-OH is 1. The molecule has 1 fully saturated rings. The van der Waals surface area contributed by atoms with E-state index in [-0.39, 0.29) is 5.41 Å². The van der Waals surface area contributed by atoms with Crippen molar-refractivity contribution in [2.24, 2.45) is 11.1 Å². The van der Waals surface area contributed by atoms with Crippen molar-refractivity contribution in [3.8, 4) is 0 Å². The van der Waals surface area contributed by atoms with Crippen LogP contribution in [0.3, 0.4) is 0 Å². The molecule has 3 nitrogen and oxygen atoms in total. The van der Waals surface area contributed by atoms with E-state index in [1.165, 1.54) is 9.75 Å². The van der Waals surface area contributed by atoms with Gasteiger partial charge in [0.25, 0.3) is 0 Å². The quantitative estimate of drug-likeness (QED) is 0.870. The van der Waals surface area contributed by atoms with Gasteiger partial charge in [-0.1, -0.05) is 0 Å². The molecule has 2 heterocycles. The first-order valence-electron chi connectivity index (χ1n) is 6.12. The fraction of sp³-hybridized carbons (Fsp3) is 0.692. The second-order valence-electron chi connectivity index (χ2n) is 4.99. The van der Waals surface area contributed by atoms with Crippen LogP contribution in [0.2, 0.25) is 0 Å². The van der Waals surface area contributed by atoms with Gasteiger partial charge >= 0.3 is 0 Å². The minimum atomic E-state index is -0.502. The highest BCUT2D eigenvalue weighted by Crippen LogP contribution is 2.42. The Morgan fingerprint density at radius 3 is 2.82 bits per heavy atom. The summed E-state index contributed by atoms with van der Waals surface area (Å²) >= 11 is 1.73. The van der Waals surface area contributed by atoms with E-state index >= 15 is 0 Å². The minimum Gasteiger partial charge on any atom is -0.388 e. The normalized spacial score (nSPS) is 27.1. The molecule has 1 aliphatic heterocycles. The lowest BCUT2D eigenvalue weighted by Gasteiger charge is -2.40. The lowest BCUT2D eigenvalue weighted by atomic mass is 9.75. The van der Waals surface area contributed by atoms with Gasteiger partial charge < -0.3 is 15.6 Å². The van der Waals surface area contributed by atoms with E-state index in [4.69, 9.17) is 10.5 Å². The topological polar surface area (TPSA) is 55.5 Å². The molecule has 96 valence electrons. The van der Waals surface area contributed by atoms with Gasteiger partial charge in [-0.2, -0.15) is 0 Å². The van der Waals surface area contributed by atoms with Crippen LogP contribution in [0.5, 0.6) is 0 Å². The van der Waals surface area contributed by atoms with E-state index < -0.39 is 6.10 Å². The first-order chi connectivity index (χ1) is 8.09. The zero-order valence-corrected chi connectivity index (χ0v) is 11.3. The first-order valence-corrected chi connectivity index (χ1v) is 6.93. The van der Waals surface area contributed by atoms with Crippen LogP contribution in [0.15, 0.2) is 6.07 Å². The van der Waals surface area contributed by atoms with Crippen LogP contribution in [0.1, 0.15) is 34.3 Å². The zero-order chi connectivity index (χ0) is 12.5. The number of thiophene rings is 1. The first kappa shape index (κ1) is 13.0. The summed E-state index contributed by atoms with van der Waals surface area (Å²) in [6.07, 6.45) is 1.42. The zero-order valence-electron chi connectivity index (χ0n) is 10.5. The number of aliphatic hydroxyl groups is 1. The molecule has 0 aromatic carbocycles. The van der Waals surface area contributed by atoms with Crippen molar-refractivity contribution < 1.29 is 9.84 Å². The average Bonchev–Trinajstić information content (AvgIpc) is 2.68. The number of hydrogen-bond acceptors (Lipinski definition) is 4. The van der Waals surface area contributed by atoms with Gasteiger partial charge in [-0.3, -0.25) is 0 Å². The molecular formula is C13H21NO2S.